The fourth-order valence-corrected chi connectivity index (χ4v) is 5.84. The minimum atomic E-state index is 1.01. The van der Waals surface area contributed by atoms with Crippen molar-refractivity contribution in [3.63, 3.8) is 0 Å². The van der Waals surface area contributed by atoms with Crippen LogP contribution in [0.25, 0.3) is 77.3 Å². The number of nitrogens with zero attached hydrogens (tertiary/aromatic N) is 2. The quantitative estimate of drug-likeness (QED) is 0.181. The van der Waals surface area contributed by atoms with Crippen molar-refractivity contribution in [3.8, 4) is 0 Å². The number of para-hydroxylation sites is 2. The molecular formula is C36H22N2. The zero-order valence-corrected chi connectivity index (χ0v) is 20.6. The molecule has 0 atom stereocenters. The lowest BCUT2D eigenvalue weighted by Crippen LogP contribution is -1.91. The number of hydrogen-bond donors (Lipinski definition) is 0. The second-order valence-corrected chi connectivity index (χ2v) is 9.78. The number of fused-ring (bicyclic) bond motifs is 8. The van der Waals surface area contributed by atoms with Gasteiger partial charge in [-0.1, -0.05) is 121 Å². The number of benzene rings is 6. The molecule has 0 amide bonds. The van der Waals surface area contributed by atoms with Crippen molar-refractivity contribution in [2.45, 2.75) is 0 Å². The Morgan fingerprint density at radius 2 is 0.737 bits per heavy atom. The van der Waals surface area contributed by atoms with Gasteiger partial charge in [0.2, 0.25) is 0 Å². The average molecular weight is 483 g/mol. The molecule has 0 bridgehead atoms. The summed E-state index contributed by atoms with van der Waals surface area (Å²) in [5, 5.41) is 9.39. The van der Waals surface area contributed by atoms with Gasteiger partial charge in [-0.2, -0.15) is 0 Å². The minimum absolute atomic E-state index is 1.01. The lowest BCUT2D eigenvalue weighted by atomic mass is 9.96. The highest BCUT2D eigenvalue weighted by molar-refractivity contribution is 6.16. The minimum Gasteiger partial charge on any atom is -0.247 e. The van der Waals surface area contributed by atoms with Crippen molar-refractivity contribution in [2.75, 3.05) is 0 Å². The number of aromatic nitrogens is 2. The molecule has 0 unspecified atom stereocenters. The Morgan fingerprint density at radius 3 is 1.21 bits per heavy atom. The Kier molecular flexibility index (Phi) is 4.55. The molecule has 0 aliphatic heterocycles. The predicted molar refractivity (Wildman–Crippen MR) is 162 cm³/mol. The third-order valence-electron chi connectivity index (χ3n) is 7.65. The van der Waals surface area contributed by atoms with Crippen LogP contribution in [0.1, 0.15) is 11.1 Å². The van der Waals surface area contributed by atoms with Gasteiger partial charge in [-0.3, -0.25) is 0 Å². The van der Waals surface area contributed by atoms with Gasteiger partial charge in [0.05, 0.1) is 22.1 Å². The Hall–Kier alpha value is -5.08. The third-order valence-corrected chi connectivity index (χ3v) is 7.65. The summed E-state index contributed by atoms with van der Waals surface area (Å²) >= 11 is 0. The van der Waals surface area contributed by atoms with Gasteiger partial charge in [-0.25, -0.2) is 9.97 Å². The number of pyridine rings is 2. The first-order chi connectivity index (χ1) is 18.8. The summed E-state index contributed by atoms with van der Waals surface area (Å²) in [7, 11) is 0. The second-order valence-electron chi connectivity index (χ2n) is 9.78. The van der Waals surface area contributed by atoms with Crippen molar-refractivity contribution >= 4 is 77.3 Å². The maximum atomic E-state index is 5.11. The normalized spacial score (nSPS) is 12.1. The Morgan fingerprint density at radius 1 is 0.342 bits per heavy atom. The van der Waals surface area contributed by atoms with Crippen LogP contribution in [0.2, 0.25) is 0 Å². The van der Waals surface area contributed by atoms with Crippen LogP contribution < -0.4 is 0 Å². The highest BCUT2D eigenvalue weighted by Gasteiger charge is 2.12. The van der Waals surface area contributed by atoms with Gasteiger partial charge in [0.1, 0.15) is 0 Å². The highest BCUT2D eigenvalue weighted by atomic mass is 14.7. The summed E-state index contributed by atoms with van der Waals surface area (Å²) in [5.74, 6) is 0. The monoisotopic (exact) mass is 482 g/mol. The van der Waals surface area contributed by atoms with Gasteiger partial charge in [-0.15, -0.1) is 0 Å². The Balaban J connectivity index is 1.46. The summed E-state index contributed by atoms with van der Waals surface area (Å²) in [4.78, 5) is 10.2. The molecule has 0 aliphatic carbocycles. The fourth-order valence-electron chi connectivity index (χ4n) is 5.84. The van der Waals surface area contributed by atoms with E-state index in [9.17, 15) is 0 Å². The van der Waals surface area contributed by atoms with Crippen LogP contribution in [0.3, 0.4) is 0 Å². The van der Waals surface area contributed by atoms with Crippen LogP contribution in [0.15, 0.2) is 121 Å². The lowest BCUT2D eigenvalue weighted by molar-refractivity contribution is 1.51. The first kappa shape index (κ1) is 21.0. The van der Waals surface area contributed by atoms with Crippen LogP contribution in [0.5, 0.6) is 0 Å². The standard InChI is InChI=1S/C36H22N2/c1-3-11-25-23(9-1)17-19-31-27(29-13-5-7-15-33(29)37-35(25)31)21-22-28-30-14-6-8-16-34(30)38-36-26-12-4-2-10-24(26)18-20-32(28)36/h1-22H. The van der Waals surface area contributed by atoms with Crippen molar-refractivity contribution in [2.24, 2.45) is 0 Å². The Bertz CT molecular complexity index is 2080. The number of hydrogen-bond acceptors (Lipinski definition) is 2. The molecule has 2 heteroatoms. The van der Waals surface area contributed by atoms with E-state index in [-0.39, 0.29) is 0 Å². The largest absolute Gasteiger partial charge is 0.247 e. The Labute approximate surface area is 219 Å². The molecule has 2 aromatic heterocycles. The van der Waals surface area contributed by atoms with Crippen molar-refractivity contribution in [3.05, 3.63) is 132 Å². The maximum Gasteiger partial charge on any atom is 0.0794 e. The van der Waals surface area contributed by atoms with E-state index in [1.807, 2.05) is 0 Å². The molecule has 2 heterocycles. The van der Waals surface area contributed by atoms with Gasteiger partial charge < -0.3 is 0 Å². The van der Waals surface area contributed by atoms with E-state index in [2.05, 4.69) is 133 Å². The summed E-state index contributed by atoms with van der Waals surface area (Å²) in [6.07, 6.45) is 4.55. The number of rotatable bonds is 2. The summed E-state index contributed by atoms with van der Waals surface area (Å²) in [6, 6.07) is 42.7. The molecule has 0 fully saturated rings. The maximum absolute atomic E-state index is 5.11. The highest BCUT2D eigenvalue weighted by Crippen LogP contribution is 2.35. The van der Waals surface area contributed by atoms with Crippen LogP contribution in [-0.2, 0) is 0 Å². The van der Waals surface area contributed by atoms with E-state index in [1.54, 1.807) is 0 Å². The van der Waals surface area contributed by atoms with Crippen LogP contribution in [0, 0.1) is 0 Å². The molecule has 0 aliphatic rings. The average Bonchev–Trinajstić information content (AvgIpc) is 2.98. The van der Waals surface area contributed by atoms with Crippen molar-refractivity contribution < 1.29 is 0 Å². The first-order valence-electron chi connectivity index (χ1n) is 12.9. The lowest BCUT2D eigenvalue weighted by Gasteiger charge is -2.12. The fraction of sp³-hybridized carbons (Fsp3) is 0. The zero-order valence-electron chi connectivity index (χ0n) is 20.6. The van der Waals surface area contributed by atoms with Gasteiger partial charge >= 0.3 is 0 Å². The van der Waals surface area contributed by atoms with E-state index in [0.717, 1.165) is 43.6 Å². The van der Waals surface area contributed by atoms with Gasteiger partial charge in [0.15, 0.2) is 0 Å². The summed E-state index contributed by atoms with van der Waals surface area (Å²) in [5.41, 5.74) is 6.46. The molecule has 0 spiro atoms. The van der Waals surface area contributed by atoms with Crippen molar-refractivity contribution in [1.29, 1.82) is 0 Å². The predicted octanol–water partition coefficient (Wildman–Crippen LogP) is 9.57. The molecule has 8 rings (SSSR count). The smallest absolute Gasteiger partial charge is 0.0794 e. The van der Waals surface area contributed by atoms with E-state index in [4.69, 9.17) is 9.97 Å². The summed E-state index contributed by atoms with van der Waals surface area (Å²) < 4.78 is 0. The molecule has 2 nitrogen and oxygen atoms in total. The molecule has 38 heavy (non-hydrogen) atoms. The van der Waals surface area contributed by atoms with Crippen molar-refractivity contribution in [1.82, 2.24) is 9.97 Å². The zero-order chi connectivity index (χ0) is 25.1. The molecule has 0 radical (unpaired) electrons. The molecule has 0 saturated heterocycles. The third kappa shape index (κ3) is 3.14. The second kappa shape index (κ2) is 8.22. The molecule has 6 aromatic carbocycles. The topological polar surface area (TPSA) is 25.8 Å². The van der Waals surface area contributed by atoms with Gasteiger partial charge in [0, 0.05) is 32.3 Å². The van der Waals surface area contributed by atoms with E-state index in [1.165, 1.54) is 32.7 Å². The molecule has 0 N–H and O–H groups in total. The molecule has 176 valence electrons. The van der Waals surface area contributed by atoms with Gasteiger partial charge in [0.25, 0.3) is 0 Å². The molecule has 0 saturated carbocycles. The van der Waals surface area contributed by atoms with E-state index in [0.29, 0.717) is 0 Å². The SMILES string of the molecule is C(=Cc1c2ccccc2nc2c1ccc1ccccc12)c1c2ccccc2nc2c1ccc1ccccc12. The molecular weight excluding hydrogens is 460 g/mol. The van der Waals surface area contributed by atoms with Crippen LogP contribution >= 0.6 is 0 Å². The summed E-state index contributed by atoms with van der Waals surface area (Å²) in [6.45, 7) is 0. The van der Waals surface area contributed by atoms with E-state index >= 15 is 0 Å². The van der Waals surface area contributed by atoms with Gasteiger partial charge in [-0.05, 0) is 34.0 Å². The van der Waals surface area contributed by atoms with Crippen LogP contribution in [0.4, 0.5) is 0 Å². The first-order valence-corrected chi connectivity index (χ1v) is 12.9. The van der Waals surface area contributed by atoms with E-state index < -0.39 is 0 Å². The molecule has 8 aromatic rings. The van der Waals surface area contributed by atoms with Crippen LogP contribution in [-0.4, -0.2) is 9.97 Å².